The standard InChI is InChI=1S/C52H33NOS/c1-2-10-34(11-3-1)35-20-22-36(23-21-35)37-24-29-40(30-25-37)53(46-16-9-17-47-51(46)45-33-28-38-12-4-5-13-43(38)52(45)54-47)41-31-26-39(27-32-41)42-15-8-19-49-50(42)44-14-6-7-18-48(44)55-49/h1-33H. The molecule has 0 radical (unpaired) electrons. The van der Waals surface area contributed by atoms with E-state index >= 15 is 0 Å². The van der Waals surface area contributed by atoms with Crippen LogP contribution in [-0.2, 0) is 0 Å². The van der Waals surface area contributed by atoms with Crippen LogP contribution >= 0.6 is 11.3 Å². The zero-order valence-corrected chi connectivity index (χ0v) is 30.6. The average molecular weight is 720 g/mol. The fraction of sp³-hybridized carbons (Fsp3) is 0. The molecule has 0 unspecified atom stereocenters. The molecule has 11 rings (SSSR count). The molecule has 0 saturated heterocycles. The lowest BCUT2D eigenvalue weighted by atomic mass is 9.98. The molecule has 0 atom stereocenters. The van der Waals surface area contributed by atoms with E-state index in [-0.39, 0.29) is 0 Å². The van der Waals surface area contributed by atoms with Gasteiger partial charge in [-0.05, 0) is 93.4 Å². The Bertz CT molecular complexity index is 3170. The third-order valence-electron chi connectivity index (χ3n) is 10.9. The molecular formula is C52H33NOS. The molecule has 0 N–H and O–H groups in total. The van der Waals surface area contributed by atoms with Gasteiger partial charge in [0.1, 0.15) is 11.2 Å². The summed E-state index contributed by atoms with van der Waals surface area (Å²) in [6.07, 6.45) is 0. The van der Waals surface area contributed by atoms with Crippen molar-refractivity contribution < 1.29 is 4.42 Å². The van der Waals surface area contributed by atoms with Gasteiger partial charge in [0.25, 0.3) is 0 Å². The molecule has 0 spiro atoms. The molecule has 0 aliphatic carbocycles. The van der Waals surface area contributed by atoms with Crippen LogP contribution < -0.4 is 4.90 Å². The van der Waals surface area contributed by atoms with Crippen molar-refractivity contribution in [2.75, 3.05) is 4.90 Å². The predicted octanol–water partition coefficient (Wildman–Crippen LogP) is 15.6. The molecule has 55 heavy (non-hydrogen) atoms. The first kappa shape index (κ1) is 31.6. The van der Waals surface area contributed by atoms with E-state index in [1.54, 1.807) is 0 Å². The molecule has 0 bridgehead atoms. The van der Waals surface area contributed by atoms with Gasteiger partial charge in [0.2, 0.25) is 0 Å². The normalized spacial score (nSPS) is 11.6. The maximum Gasteiger partial charge on any atom is 0.143 e. The second-order valence-corrected chi connectivity index (χ2v) is 15.1. The Labute approximate surface area is 322 Å². The summed E-state index contributed by atoms with van der Waals surface area (Å²) in [5.41, 5.74) is 12.3. The van der Waals surface area contributed by atoms with Gasteiger partial charge in [-0.1, -0.05) is 146 Å². The number of rotatable bonds is 6. The van der Waals surface area contributed by atoms with Gasteiger partial charge < -0.3 is 9.32 Å². The first-order chi connectivity index (χ1) is 27.3. The molecule has 0 amide bonds. The molecule has 0 saturated carbocycles. The Morgan fingerprint density at radius 1 is 0.364 bits per heavy atom. The van der Waals surface area contributed by atoms with Crippen LogP contribution in [0.4, 0.5) is 17.1 Å². The Morgan fingerprint density at radius 3 is 1.69 bits per heavy atom. The van der Waals surface area contributed by atoms with E-state index < -0.39 is 0 Å². The van der Waals surface area contributed by atoms with Crippen molar-refractivity contribution in [2.45, 2.75) is 0 Å². The third-order valence-corrected chi connectivity index (χ3v) is 12.0. The number of hydrogen-bond acceptors (Lipinski definition) is 3. The zero-order chi connectivity index (χ0) is 36.3. The van der Waals surface area contributed by atoms with Gasteiger partial charge in [0.15, 0.2) is 0 Å². The van der Waals surface area contributed by atoms with E-state index in [9.17, 15) is 0 Å². The molecular weight excluding hydrogens is 687 g/mol. The minimum absolute atomic E-state index is 0.872. The molecule has 3 heteroatoms. The summed E-state index contributed by atoms with van der Waals surface area (Å²) >= 11 is 1.86. The first-order valence-corrected chi connectivity index (χ1v) is 19.5. The highest BCUT2D eigenvalue weighted by molar-refractivity contribution is 7.25. The highest BCUT2D eigenvalue weighted by Gasteiger charge is 2.21. The maximum absolute atomic E-state index is 6.67. The number of furan rings is 1. The first-order valence-electron chi connectivity index (χ1n) is 18.7. The Morgan fingerprint density at radius 2 is 0.945 bits per heavy atom. The number of anilines is 3. The smallest absolute Gasteiger partial charge is 0.143 e. The quantitative estimate of drug-likeness (QED) is 0.170. The Hall–Kier alpha value is -6.94. The van der Waals surface area contributed by atoms with Crippen molar-refractivity contribution in [1.82, 2.24) is 0 Å². The van der Waals surface area contributed by atoms with E-state index in [0.717, 1.165) is 44.4 Å². The number of hydrogen-bond donors (Lipinski definition) is 0. The number of fused-ring (bicyclic) bond motifs is 8. The van der Waals surface area contributed by atoms with Crippen LogP contribution in [0.5, 0.6) is 0 Å². The SMILES string of the molecule is c1ccc(-c2ccc(-c3ccc(N(c4ccc(-c5cccc6sc7ccccc7c56)cc4)c4cccc5oc6c7ccccc7ccc6c45)cc3)cc2)cc1. The summed E-state index contributed by atoms with van der Waals surface area (Å²) in [5, 5.41) is 7.13. The lowest BCUT2D eigenvalue weighted by Gasteiger charge is -2.26. The van der Waals surface area contributed by atoms with Crippen LogP contribution in [0.15, 0.2) is 205 Å². The number of benzene rings is 9. The number of thiophene rings is 1. The Balaban J connectivity index is 1.05. The van der Waals surface area contributed by atoms with Crippen molar-refractivity contribution in [3.05, 3.63) is 200 Å². The summed E-state index contributed by atoms with van der Waals surface area (Å²) in [5.74, 6) is 0. The van der Waals surface area contributed by atoms with Gasteiger partial charge in [-0.15, -0.1) is 11.3 Å². The second-order valence-electron chi connectivity index (χ2n) is 14.1. The van der Waals surface area contributed by atoms with Crippen molar-refractivity contribution >= 4 is 81.3 Å². The summed E-state index contributed by atoms with van der Waals surface area (Å²) in [7, 11) is 0. The van der Waals surface area contributed by atoms with E-state index in [1.165, 1.54) is 58.9 Å². The second kappa shape index (κ2) is 12.9. The van der Waals surface area contributed by atoms with Crippen LogP contribution in [0, 0.1) is 0 Å². The molecule has 11 aromatic rings. The van der Waals surface area contributed by atoms with Gasteiger partial charge in [-0.3, -0.25) is 0 Å². The van der Waals surface area contributed by atoms with Crippen molar-refractivity contribution in [1.29, 1.82) is 0 Å². The lowest BCUT2D eigenvalue weighted by molar-refractivity contribution is 0.672. The van der Waals surface area contributed by atoms with E-state index in [1.807, 2.05) is 11.3 Å². The topological polar surface area (TPSA) is 16.4 Å². The van der Waals surface area contributed by atoms with Crippen molar-refractivity contribution in [2.24, 2.45) is 0 Å². The van der Waals surface area contributed by atoms with Crippen LogP contribution in [0.2, 0.25) is 0 Å². The van der Waals surface area contributed by atoms with Crippen LogP contribution in [0.25, 0.3) is 86.3 Å². The molecule has 9 aromatic carbocycles. The van der Waals surface area contributed by atoms with Gasteiger partial charge in [-0.25, -0.2) is 0 Å². The summed E-state index contributed by atoms with van der Waals surface area (Å²) in [6, 6.07) is 72.1. The molecule has 0 aliphatic rings. The largest absolute Gasteiger partial charge is 0.455 e. The molecule has 0 aliphatic heterocycles. The van der Waals surface area contributed by atoms with E-state index in [4.69, 9.17) is 4.42 Å². The van der Waals surface area contributed by atoms with Crippen LogP contribution in [0.3, 0.4) is 0 Å². The van der Waals surface area contributed by atoms with E-state index in [0.29, 0.717) is 0 Å². The highest BCUT2D eigenvalue weighted by atomic mass is 32.1. The third kappa shape index (κ3) is 5.32. The van der Waals surface area contributed by atoms with Crippen molar-refractivity contribution in [3.8, 4) is 33.4 Å². The van der Waals surface area contributed by atoms with Gasteiger partial charge in [0, 0.05) is 42.3 Å². The minimum Gasteiger partial charge on any atom is -0.455 e. The van der Waals surface area contributed by atoms with Gasteiger partial charge in [0.05, 0.1) is 11.1 Å². The summed E-state index contributed by atoms with van der Waals surface area (Å²) in [4.78, 5) is 2.37. The molecule has 2 heterocycles. The fourth-order valence-electron chi connectivity index (χ4n) is 8.24. The van der Waals surface area contributed by atoms with Crippen LogP contribution in [-0.4, -0.2) is 0 Å². The molecule has 2 aromatic heterocycles. The Kier molecular flexibility index (Phi) is 7.39. The van der Waals surface area contributed by atoms with Gasteiger partial charge in [-0.2, -0.15) is 0 Å². The van der Waals surface area contributed by atoms with Gasteiger partial charge >= 0.3 is 0 Å². The fourth-order valence-corrected chi connectivity index (χ4v) is 9.37. The maximum atomic E-state index is 6.67. The lowest BCUT2D eigenvalue weighted by Crippen LogP contribution is -2.10. The molecule has 258 valence electrons. The summed E-state index contributed by atoms with van der Waals surface area (Å²) in [6.45, 7) is 0. The minimum atomic E-state index is 0.872. The monoisotopic (exact) mass is 719 g/mol. The molecule has 2 nitrogen and oxygen atoms in total. The average Bonchev–Trinajstić information content (AvgIpc) is 3.84. The highest BCUT2D eigenvalue weighted by Crippen LogP contribution is 2.46. The number of nitrogens with zero attached hydrogens (tertiary/aromatic N) is 1. The zero-order valence-electron chi connectivity index (χ0n) is 29.8. The van der Waals surface area contributed by atoms with Crippen molar-refractivity contribution in [3.63, 3.8) is 0 Å². The molecule has 0 fully saturated rings. The predicted molar refractivity (Wildman–Crippen MR) is 235 cm³/mol. The van der Waals surface area contributed by atoms with E-state index in [2.05, 4.69) is 205 Å². The summed E-state index contributed by atoms with van der Waals surface area (Å²) < 4.78 is 9.29. The van der Waals surface area contributed by atoms with Crippen LogP contribution in [0.1, 0.15) is 0 Å².